The van der Waals surface area contributed by atoms with Gasteiger partial charge in [0.2, 0.25) is 0 Å². The fourth-order valence-electron chi connectivity index (χ4n) is 0.849. The topological polar surface area (TPSA) is 12.0 Å². The molecule has 0 aliphatic carbocycles. The smallest absolute Gasteiger partial charge is 0.0976 e. The zero-order valence-electron chi connectivity index (χ0n) is 6.07. The molecule has 0 saturated carbocycles. The van der Waals surface area contributed by atoms with Crippen LogP contribution in [0.15, 0.2) is 6.07 Å². The molecule has 1 aromatic heterocycles. The van der Waals surface area contributed by atoms with Crippen molar-refractivity contribution in [3.8, 4) is 0 Å². The molecule has 0 fully saturated rings. The van der Waals surface area contributed by atoms with E-state index < -0.39 is 0 Å². The molecular formula is C7H10ClNS. The van der Waals surface area contributed by atoms with Crippen molar-refractivity contribution in [2.75, 3.05) is 7.05 Å². The van der Waals surface area contributed by atoms with Crippen molar-refractivity contribution in [2.24, 2.45) is 0 Å². The molecule has 10 heavy (non-hydrogen) atoms. The number of nitrogens with one attached hydrogen (secondary N) is 1. The zero-order valence-corrected chi connectivity index (χ0v) is 7.64. The standard InChI is InChI=1S/C7H10ClNS/c1-5-3-6(4-9-2)7(8)10-5/h3,9H,4H2,1-2H3. The summed E-state index contributed by atoms with van der Waals surface area (Å²) in [5.74, 6) is 0. The predicted molar refractivity (Wildman–Crippen MR) is 46.8 cm³/mol. The molecule has 0 aliphatic heterocycles. The highest BCUT2D eigenvalue weighted by Gasteiger charge is 2.01. The van der Waals surface area contributed by atoms with Crippen LogP contribution in [0.25, 0.3) is 0 Å². The number of hydrogen-bond donors (Lipinski definition) is 1. The second-order valence-corrected chi connectivity index (χ2v) is 4.04. The van der Waals surface area contributed by atoms with Gasteiger partial charge in [-0.25, -0.2) is 0 Å². The molecule has 0 amide bonds. The van der Waals surface area contributed by atoms with Gasteiger partial charge >= 0.3 is 0 Å². The molecule has 0 saturated heterocycles. The Labute approximate surface area is 70.0 Å². The van der Waals surface area contributed by atoms with E-state index >= 15 is 0 Å². The molecule has 0 aliphatic rings. The van der Waals surface area contributed by atoms with Gasteiger partial charge in [-0.1, -0.05) is 11.6 Å². The monoisotopic (exact) mass is 175 g/mol. The second-order valence-electron chi connectivity index (χ2n) is 2.19. The Bertz CT molecular complexity index is 219. The van der Waals surface area contributed by atoms with Crippen LogP contribution in [0.2, 0.25) is 4.34 Å². The average Bonchev–Trinajstić information content (AvgIpc) is 2.13. The number of thiophene rings is 1. The molecule has 3 heteroatoms. The Kier molecular flexibility index (Phi) is 2.72. The Hall–Kier alpha value is -0.0500. The molecule has 1 nitrogen and oxygen atoms in total. The summed E-state index contributed by atoms with van der Waals surface area (Å²) in [5, 5.41) is 3.06. The maximum Gasteiger partial charge on any atom is 0.0976 e. The van der Waals surface area contributed by atoms with Crippen LogP contribution in [-0.4, -0.2) is 7.05 Å². The molecule has 56 valence electrons. The van der Waals surface area contributed by atoms with E-state index in [9.17, 15) is 0 Å². The Morgan fingerprint density at radius 3 is 2.80 bits per heavy atom. The van der Waals surface area contributed by atoms with Crippen molar-refractivity contribution in [1.29, 1.82) is 0 Å². The third-order valence-corrected chi connectivity index (χ3v) is 2.60. The van der Waals surface area contributed by atoms with Crippen molar-refractivity contribution < 1.29 is 0 Å². The van der Waals surface area contributed by atoms with E-state index in [-0.39, 0.29) is 0 Å². The molecule has 1 rings (SSSR count). The largest absolute Gasteiger partial charge is 0.316 e. The normalized spacial score (nSPS) is 10.3. The van der Waals surface area contributed by atoms with E-state index in [1.165, 1.54) is 10.4 Å². The summed E-state index contributed by atoms with van der Waals surface area (Å²) in [6.45, 7) is 2.93. The highest BCUT2D eigenvalue weighted by Crippen LogP contribution is 2.26. The first-order valence-electron chi connectivity index (χ1n) is 3.13. The molecule has 1 aromatic rings. The van der Waals surface area contributed by atoms with Crippen molar-refractivity contribution in [1.82, 2.24) is 5.32 Å². The van der Waals surface area contributed by atoms with Crippen molar-refractivity contribution in [3.05, 3.63) is 20.8 Å². The highest BCUT2D eigenvalue weighted by atomic mass is 35.5. The van der Waals surface area contributed by atoms with Crippen LogP contribution in [0.3, 0.4) is 0 Å². The predicted octanol–water partition coefficient (Wildman–Crippen LogP) is 2.43. The van der Waals surface area contributed by atoms with E-state index in [1.807, 2.05) is 7.05 Å². The van der Waals surface area contributed by atoms with Crippen molar-refractivity contribution in [2.45, 2.75) is 13.5 Å². The molecule has 1 heterocycles. The van der Waals surface area contributed by atoms with Crippen molar-refractivity contribution >= 4 is 22.9 Å². The van der Waals surface area contributed by atoms with E-state index in [0.717, 1.165) is 10.9 Å². The molecule has 0 bridgehead atoms. The van der Waals surface area contributed by atoms with E-state index in [0.29, 0.717) is 0 Å². The summed E-state index contributed by atoms with van der Waals surface area (Å²) in [6, 6.07) is 2.11. The van der Waals surface area contributed by atoms with Gasteiger partial charge in [0.25, 0.3) is 0 Å². The fraction of sp³-hybridized carbons (Fsp3) is 0.429. The molecule has 0 aromatic carbocycles. The van der Waals surface area contributed by atoms with E-state index in [2.05, 4.69) is 18.3 Å². The summed E-state index contributed by atoms with van der Waals surface area (Å²) in [7, 11) is 1.92. The first-order chi connectivity index (χ1) is 4.74. The van der Waals surface area contributed by atoms with Crippen molar-refractivity contribution in [3.63, 3.8) is 0 Å². The zero-order chi connectivity index (χ0) is 7.56. The summed E-state index contributed by atoms with van der Waals surface area (Å²) < 4.78 is 0.909. The van der Waals surface area contributed by atoms with Gasteiger partial charge in [0.1, 0.15) is 0 Å². The quantitative estimate of drug-likeness (QED) is 0.728. The molecule has 0 unspecified atom stereocenters. The lowest BCUT2D eigenvalue weighted by Crippen LogP contribution is -2.03. The molecular weight excluding hydrogens is 166 g/mol. The minimum Gasteiger partial charge on any atom is -0.316 e. The van der Waals surface area contributed by atoms with Crippen LogP contribution in [0.1, 0.15) is 10.4 Å². The highest BCUT2D eigenvalue weighted by molar-refractivity contribution is 7.16. The van der Waals surface area contributed by atoms with Crippen LogP contribution in [0.4, 0.5) is 0 Å². The molecule has 0 spiro atoms. The first-order valence-corrected chi connectivity index (χ1v) is 4.33. The fourth-order valence-corrected chi connectivity index (χ4v) is 2.08. The average molecular weight is 176 g/mol. The van der Waals surface area contributed by atoms with Gasteiger partial charge < -0.3 is 5.32 Å². The minimum atomic E-state index is 0.864. The van der Waals surface area contributed by atoms with Crippen LogP contribution < -0.4 is 5.32 Å². The van der Waals surface area contributed by atoms with Crippen LogP contribution >= 0.6 is 22.9 Å². The summed E-state index contributed by atoms with van der Waals surface area (Å²) >= 11 is 7.54. The number of aryl methyl sites for hydroxylation is 1. The minimum absolute atomic E-state index is 0.864. The first kappa shape index (κ1) is 8.05. The van der Waals surface area contributed by atoms with Gasteiger partial charge in [0, 0.05) is 11.4 Å². The van der Waals surface area contributed by atoms with Gasteiger partial charge in [0.15, 0.2) is 0 Å². The van der Waals surface area contributed by atoms with Gasteiger partial charge in [-0.15, -0.1) is 11.3 Å². The lowest BCUT2D eigenvalue weighted by atomic mass is 10.3. The summed E-state index contributed by atoms with van der Waals surface area (Å²) in [5.41, 5.74) is 1.20. The van der Waals surface area contributed by atoms with Gasteiger partial charge in [-0.05, 0) is 25.6 Å². The van der Waals surface area contributed by atoms with Crippen LogP contribution in [0.5, 0.6) is 0 Å². The molecule has 1 N–H and O–H groups in total. The maximum absolute atomic E-state index is 5.90. The Morgan fingerprint density at radius 1 is 1.70 bits per heavy atom. The third-order valence-electron chi connectivity index (χ3n) is 1.25. The molecule has 0 radical (unpaired) electrons. The molecule has 0 atom stereocenters. The second kappa shape index (κ2) is 3.37. The van der Waals surface area contributed by atoms with E-state index in [1.54, 1.807) is 11.3 Å². The summed E-state index contributed by atoms with van der Waals surface area (Å²) in [6.07, 6.45) is 0. The number of hydrogen-bond acceptors (Lipinski definition) is 2. The van der Waals surface area contributed by atoms with Crippen LogP contribution in [-0.2, 0) is 6.54 Å². The van der Waals surface area contributed by atoms with Crippen LogP contribution in [0, 0.1) is 6.92 Å². The number of rotatable bonds is 2. The SMILES string of the molecule is CNCc1cc(C)sc1Cl. The summed E-state index contributed by atoms with van der Waals surface area (Å²) in [4.78, 5) is 1.27. The Balaban J connectivity index is 2.81. The van der Waals surface area contributed by atoms with Gasteiger partial charge in [0.05, 0.1) is 4.34 Å². The third kappa shape index (κ3) is 1.72. The number of halogens is 1. The lowest BCUT2D eigenvalue weighted by molar-refractivity contribution is 0.821. The van der Waals surface area contributed by atoms with E-state index in [4.69, 9.17) is 11.6 Å². The van der Waals surface area contributed by atoms with Gasteiger partial charge in [-0.2, -0.15) is 0 Å². The maximum atomic E-state index is 5.90. The Morgan fingerprint density at radius 2 is 2.40 bits per heavy atom. The van der Waals surface area contributed by atoms with Gasteiger partial charge in [-0.3, -0.25) is 0 Å². The lowest BCUT2D eigenvalue weighted by Gasteiger charge is -1.93.